The van der Waals surface area contributed by atoms with Gasteiger partial charge in [-0.1, -0.05) is 56.3 Å². The monoisotopic (exact) mass is 390 g/mol. The van der Waals surface area contributed by atoms with Gasteiger partial charge in [0, 0.05) is 11.3 Å². The molecule has 29 heavy (non-hydrogen) atoms. The van der Waals surface area contributed by atoms with Crippen molar-refractivity contribution in [3.63, 3.8) is 0 Å². The van der Waals surface area contributed by atoms with Gasteiger partial charge in [0.25, 0.3) is 5.91 Å². The lowest BCUT2D eigenvalue weighted by Crippen LogP contribution is -2.42. The predicted molar refractivity (Wildman–Crippen MR) is 117 cm³/mol. The molecule has 0 aliphatic heterocycles. The number of anilines is 1. The molecule has 3 rings (SSSR count). The highest BCUT2D eigenvalue weighted by molar-refractivity contribution is 6.07. The molecule has 0 heterocycles. The predicted octanol–water partition coefficient (Wildman–Crippen LogP) is 4.41. The molecule has 0 aliphatic carbocycles. The number of rotatable bonds is 6. The Hall–Kier alpha value is -3.34. The summed E-state index contributed by atoms with van der Waals surface area (Å²) in [5, 5.41) is 4.94. The number of carbonyl (C=O) groups is 2. The van der Waals surface area contributed by atoms with Crippen LogP contribution in [-0.2, 0) is 9.53 Å². The molecular formula is C24H26N2O3. The summed E-state index contributed by atoms with van der Waals surface area (Å²) < 4.78 is 4.87. The molecule has 0 saturated heterocycles. The van der Waals surface area contributed by atoms with Gasteiger partial charge in [0.2, 0.25) is 0 Å². The lowest BCUT2D eigenvalue weighted by molar-refractivity contribution is -0.143. The molecule has 0 radical (unpaired) electrons. The standard InChI is InChI=1S/C24H26N2O3/c1-15(2)13-22(24(28)29-3)26-23(27)20-12-11-17(25)14-21(20)19-10-6-8-16-7-4-5-9-18(16)19/h4-12,14-15,22H,13,25H2,1-3H3,(H,26,27). The summed E-state index contributed by atoms with van der Waals surface area (Å²) in [6.07, 6.45) is 0.497. The van der Waals surface area contributed by atoms with Crippen molar-refractivity contribution in [2.45, 2.75) is 26.3 Å². The third kappa shape index (κ3) is 4.57. The van der Waals surface area contributed by atoms with Crippen molar-refractivity contribution in [1.82, 2.24) is 5.32 Å². The zero-order valence-corrected chi connectivity index (χ0v) is 16.9. The van der Waals surface area contributed by atoms with Crippen LogP contribution in [0.4, 0.5) is 5.69 Å². The first kappa shape index (κ1) is 20.4. The Morgan fingerprint density at radius 3 is 2.45 bits per heavy atom. The maximum absolute atomic E-state index is 13.1. The largest absolute Gasteiger partial charge is 0.467 e. The molecule has 3 N–H and O–H groups in total. The summed E-state index contributed by atoms with van der Waals surface area (Å²) in [7, 11) is 1.33. The molecule has 0 aliphatic rings. The van der Waals surface area contributed by atoms with Gasteiger partial charge in [-0.3, -0.25) is 4.79 Å². The Kier molecular flexibility index (Phi) is 6.17. The van der Waals surface area contributed by atoms with Gasteiger partial charge in [-0.05, 0) is 52.4 Å². The van der Waals surface area contributed by atoms with E-state index in [9.17, 15) is 9.59 Å². The number of nitrogens with two attached hydrogens (primary N) is 1. The van der Waals surface area contributed by atoms with Crippen LogP contribution in [0, 0.1) is 5.92 Å². The highest BCUT2D eigenvalue weighted by Gasteiger charge is 2.24. The molecule has 0 spiro atoms. The van der Waals surface area contributed by atoms with Gasteiger partial charge in [0.1, 0.15) is 6.04 Å². The maximum atomic E-state index is 13.1. The summed E-state index contributed by atoms with van der Waals surface area (Å²) in [6.45, 7) is 3.99. The summed E-state index contributed by atoms with van der Waals surface area (Å²) in [5.41, 5.74) is 8.72. The molecule has 1 unspecified atom stereocenters. The molecule has 0 saturated carbocycles. The Morgan fingerprint density at radius 2 is 1.72 bits per heavy atom. The minimum atomic E-state index is -0.703. The first-order chi connectivity index (χ1) is 13.9. The number of methoxy groups -OCH3 is 1. The van der Waals surface area contributed by atoms with Crippen molar-refractivity contribution in [2.24, 2.45) is 5.92 Å². The van der Waals surface area contributed by atoms with Crippen LogP contribution in [0.1, 0.15) is 30.6 Å². The molecule has 1 atom stereocenters. The average Bonchev–Trinajstić information content (AvgIpc) is 2.71. The number of ether oxygens (including phenoxy) is 1. The summed E-state index contributed by atoms with van der Waals surface area (Å²) >= 11 is 0. The first-order valence-corrected chi connectivity index (χ1v) is 9.67. The van der Waals surface area contributed by atoms with Crippen LogP contribution in [-0.4, -0.2) is 25.0 Å². The lowest BCUT2D eigenvalue weighted by Gasteiger charge is -2.20. The van der Waals surface area contributed by atoms with Crippen LogP contribution in [0.2, 0.25) is 0 Å². The van der Waals surface area contributed by atoms with Crippen LogP contribution < -0.4 is 11.1 Å². The Morgan fingerprint density at radius 1 is 1.00 bits per heavy atom. The third-order valence-electron chi connectivity index (χ3n) is 4.87. The van der Waals surface area contributed by atoms with Gasteiger partial charge >= 0.3 is 5.97 Å². The second-order valence-electron chi connectivity index (χ2n) is 7.51. The molecule has 0 aromatic heterocycles. The van der Waals surface area contributed by atoms with E-state index in [4.69, 9.17) is 10.5 Å². The normalized spacial score (nSPS) is 12.0. The van der Waals surface area contributed by atoms with Crippen molar-refractivity contribution in [3.8, 4) is 11.1 Å². The van der Waals surface area contributed by atoms with Crippen LogP contribution in [0.15, 0.2) is 60.7 Å². The number of benzene rings is 3. The van der Waals surface area contributed by atoms with Gasteiger partial charge < -0.3 is 15.8 Å². The van der Waals surface area contributed by atoms with E-state index in [2.05, 4.69) is 5.32 Å². The van der Waals surface area contributed by atoms with Gasteiger partial charge in [-0.15, -0.1) is 0 Å². The number of esters is 1. The summed E-state index contributed by atoms with van der Waals surface area (Å²) in [6, 6.07) is 18.4. The minimum absolute atomic E-state index is 0.225. The number of carbonyl (C=O) groups excluding carboxylic acids is 2. The molecule has 150 valence electrons. The van der Waals surface area contributed by atoms with Gasteiger partial charge in [0.05, 0.1) is 7.11 Å². The quantitative estimate of drug-likeness (QED) is 0.483. The van der Waals surface area contributed by atoms with E-state index < -0.39 is 12.0 Å². The second kappa shape index (κ2) is 8.78. The number of hydrogen-bond donors (Lipinski definition) is 2. The van der Waals surface area contributed by atoms with Gasteiger partial charge in [0.15, 0.2) is 0 Å². The zero-order chi connectivity index (χ0) is 21.0. The number of amides is 1. The number of nitrogen functional groups attached to an aromatic ring is 1. The van der Waals surface area contributed by atoms with E-state index in [-0.39, 0.29) is 11.8 Å². The minimum Gasteiger partial charge on any atom is -0.467 e. The Bertz CT molecular complexity index is 1040. The fourth-order valence-electron chi connectivity index (χ4n) is 3.51. The summed E-state index contributed by atoms with van der Waals surface area (Å²) in [5.74, 6) is -0.554. The van der Waals surface area contributed by atoms with E-state index >= 15 is 0 Å². The number of nitrogens with one attached hydrogen (secondary N) is 1. The molecule has 3 aromatic rings. The molecule has 1 amide bonds. The number of fused-ring (bicyclic) bond motifs is 1. The Labute approximate surface area is 170 Å². The molecule has 3 aromatic carbocycles. The highest BCUT2D eigenvalue weighted by atomic mass is 16.5. The van der Waals surface area contributed by atoms with E-state index in [1.54, 1.807) is 18.2 Å². The fraction of sp³-hybridized carbons (Fsp3) is 0.250. The van der Waals surface area contributed by atoms with Crippen LogP contribution in [0.3, 0.4) is 0 Å². The second-order valence-corrected chi connectivity index (χ2v) is 7.51. The van der Waals surface area contributed by atoms with Crippen molar-refractivity contribution in [1.29, 1.82) is 0 Å². The van der Waals surface area contributed by atoms with Gasteiger partial charge in [-0.25, -0.2) is 4.79 Å². The first-order valence-electron chi connectivity index (χ1n) is 9.67. The van der Waals surface area contributed by atoms with Crippen molar-refractivity contribution in [2.75, 3.05) is 12.8 Å². The van der Waals surface area contributed by atoms with Crippen LogP contribution >= 0.6 is 0 Å². The molecule has 5 nitrogen and oxygen atoms in total. The Balaban J connectivity index is 2.05. The molecular weight excluding hydrogens is 364 g/mol. The highest BCUT2D eigenvalue weighted by Crippen LogP contribution is 2.32. The van der Waals surface area contributed by atoms with Crippen LogP contribution in [0.25, 0.3) is 21.9 Å². The topological polar surface area (TPSA) is 81.4 Å². The van der Waals surface area contributed by atoms with Crippen LogP contribution in [0.5, 0.6) is 0 Å². The lowest BCUT2D eigenvalue weighted by atomic mass is 9.93. The fourth-order valence-corrected chi connectivity index (χ4v) is 3.51. The van der Waals surface area contributed by atoms with E-state index in [0.29, 0.717) is 17.7 Å². The summed E-state index contributed by atoms with van der Waals surface area (Å²) in [4.78, 5) is 25.3. The third-order valence-corrected chi connectivity index (χ3v) is 4.87. The molecule has 0 bridgehead atoms. The maximum Gasteiger partial charge on any atom is 0.328 e. The smallest absolute Gasteiger partial charge is 0.328 e. The zero-order valence-electron chi connectivity index (χ0n) is 16.9. The number of hydrogen-bond acceptors (Lipinski definition) is 4. The van der Waals surface area contributed by atoms with E-state index in [1.807, 2.05) is 56.3 Å². The SMILES string of the molecule is COC(=O)C(CC(C)C)NC(=O)c1ccc(N)cc1-c1cccc2ccccc12. The van der Waals surface area contributed by atoms with E-state index in [1.165, 1.54) is 7.11 Å². The van der Waals surface area contributed by atoms with Crippen molar-refractivity contribution < 1.29 is 14.3 Å². The molecule has 5 heteroatoms. The van der Waals surface area contributed by atoms with Crippen molar-refractivity contribution in [3.05, 3.63) is 66.2 Å². The van der Waals surface area contributed by atoms with Crippen molar-refractivity contribution >= 4 is 28.3 Å². The average molecular weight is 390 g/mol. The molecule has 0 fully saturated rings. The van der Waals surface area contributed by atoms with Gasteiger partial charge in [-0.2, -0.15) is 0 Å². The van der Waals surface area contributed by atoms with E-state index in [0.717, 1.165) is 21.9 Å².